The van der Waals surface area contributed by atoms with Gasteiger partial charge in [0, 0.05) is 5.56 Å². The van der Waals surface area contributed by atoms with E-state index in [4.69, 9.17) is 11.7 Å². The van der Waals surface area contributed by atoms with E-state index >= 15 is 0 Å². The Morgan fingerprint density at radius 1 is 1.00 bits per heavy atom. The Morgan fingerprint density at radius 3 is 2.43 bits per heavy atom. The first-order valence-electron chi connectivity index (χ1n) is 6.74. The van der Waals surface area contributed by atoms with Crippen molar-refractivity contribution in [2.24, 2.45) is 16.7 Å². The molecule has 1 unspecified atom stereocenters. The number of nitrogens with two attached hydrogens (primary N) is 2. The highest BCUT2D eigenvalue weighted by Gasteiger charge is 2.27. The van der Waals surface area contributed by atoms with E-state index in [0.717, 1.165) is 16.8 Å². The van der Waals surface area contributed by atoms with Gasteiger partial charge in [-0.15, -0.1) is 0 Å². The zero-order valence-corrected chi connectivity index (χ0v) is 11.5. The fraction of sp³-hybridized carbons (Fsp3) is 0.133. The van der Waals surface area contributed by atoms with Crippen LogP contribution in [0.15, 0.2) is 59.6 Å². The number of benzene rings is 2. The maximum atomic E-state index is 5.73. The average Bonchev–Trinajstić information content (AvgIpc) is 2.71. The summed E-state index contributed by atoms with van der Waals surface area (Å²) in [5.74, 6) is 11.9. The first kappa shape index (κ1) is 13.7. The predicted molar refractivity (Wildman–Crippen MR) is 83.2 cm³/mol. The minimum Gasteiger partial charge on any atom is -0.311 e. The van der Waals surface area contributed by atoms with E-state index in [1.807, 2.05) is 41.4 Å². The Kier molecular flexibility index (Phi) is 3.94. The van der Waals surface area contributed by atoms with Crippen molar-refractivity contribution >= 4 is 11.5 Å². The van der Waals surface area contributed by atoms with Gasteiger partial charge in [0.1, 0.15) is 5.84 Å². The molecular formula is C15H18N6. The van der Waals surface area contributed by atoms with Crippen LogP contribution in [0.3, 0.4) is 0 Å². The average molecular weight is 282 g/mol. The van der Waals surface area contributed by atoms with Crippen molar-refractivity contribution in [1.82, 2.24) is 16.0 Å². The summed E-state index contributed by atoms with van der Waals surface area (Å²) in [6.07, 6.45) is 0. The predicted octanol–water partition coefficient (Wildman–Crippen LogP) is 0.963. The van der Waals surface area contributed by atoms with Gasteiger partial charge >= 0.3 is 0 Å². The van der Waals surface area contributed by atoms with Gasteiger partial charge in [0.2, 0.25) is 0 Å². The van der Waals surface area contributed by atoms with Gasteiger partial charge in [0.25, 0.3) is 0 Å². The number of hydrogen-bond donors (Lipinski definition) is 4. The summed E-state index contributed by atoms with van der Waals surface area (Å²) < 4.78 is 0. The Morgan fingerprint density at radius 2 is 1.71 bits per heavy atom. The highest BCUT2D eigenvalue weighted by atomic mass is 15.6. The molecule has 21 heavy (non-hydrogen) atoms. The molecule has 1 atom stereocenters. The summed E-state index contributed by atoms with van der Waals surface area (Å²) in [5, 5.41) is 1.90. The Labute approximate surface area is 123 Å². The third-order valence-corrected chi connectivity index (χ3v) is 3.57. The van der Waals surface area contributed by atoms with E-state index in [1.165, 1.54) is 0 Å². The standard InChI is InChI=1S/C15H18N6/c16-19-14-10-21(20-17)15(11-6-2-1-3-7-11)12-8-4-5-9-13(12)18-14/h1-9,15,20H,10,16-17H2,(H,18,19). The third-order valence-electron chi connectivity index (χ3n) is 3.57. The second-order valence-electron chi connectivity index (χ2n) is 4.83. The molecule has 0 spiro atoms. The summed E-state index contributed by atoms with van der Waals surface area (Å²) in [6.45, 7) is 0.473. The van der Waals surface area contributed by atoms with Crippen molar-refractivity contribution in [3.8, 4) is 0 Å². The molecule has 0 bridgehead atoms. The summed E-state index contributed by atoms with van der Waals surface area (Å²) in [4.78, 5) is 4.57. The van der Waals surface area contributed by atoms with Gasteiger partial charge in [-0.2, -0.15) is 5.53 Å². The summed E-state index contributed by atoms with van der Waals surface area (Å²) in [6, 6.07) is 18.1. The first-order valence-corrected chi connectivity index (χ1v) is 6.74. The molecule has 0 saturated carbocycles. The van der Waals surface area contributed by atoms with Gasteiger partial charge in [0.05, 0.1) is 18.3 Å². The van der Waals surface area contributed by atoms with E-state index in [2.05, 4.69) is 34.2 Å². The number of para-hydroxylation sites is 1. The number of nitrogens with zero attached hydrogens (tertiary/aromatic N) is 2. The molecule has 1 aliphatic rings. The molecule has 2 aromatic carbocycles. The topological polar surface area (TPSA) is 91.7 Å². The third kappa shape index (κ3) is 2.65. The van der Waals surface area contributed by atoms with Crippen LogP contribution in [-0.4, -0.2) is 17.4 Å². The van der Waals surface area contributed by atoms with E-state index < -0.39 is 0 Å². The van der Waals surface area contributed by atoms with E-state index in [1.54, 1.807) is 0 Å². The molecule has 6 heteroatoms. The van der Waals surface area contributed by atoms with Crippen molar-refractivity contribution in [3.05, 3.63) is 65.7 Å². The molecule has 0 aromatic heterocycles. The summed E-state index contributed by atoms with van der Waals surface area (Å²) in [5.41, 5.74) is 8.49. The molecular weight excluding hydrogens is 264 g/mol. The van der Waals surface area contributed by atoms with Crippen LogP contribution in [0, 0.1) is 0 Å². The minimum atomic E-state index is -0.0398. The van der Waals surface area contributed by atoms with Crippen LogP contribution in [0.1, 0.15) is 17.2 Å². The van der Waals surface area contributed by atoms with Gasteiger partial charge in [-0.05, 0) is 11.6 Å². The van der Waals surface area contributed by atoms with Crippen molar-refractivity contribution in [2.75, 3.05) is 6.54 Å². The number of fused-ring (bicyclic) bond motifs is 1. The molecule has 0 radical (unpaired) electrons. The molecule has 108 valence electrons. The highest BCUT2D eigenvalue weighted by molar-refractivity contribution is 5.87. The number of hydrogen-bond acceptors (Lipinski definition) is 6. The molecule has 6 N–H and O–H groups in total. The number of aliphatic imine (C=N–C) groups is 1. The second kappa shape index (κ2) is 6.02. The van der Waals surface area contributed by atoms with Crippen molar-refractivity contribution in [2.45, 2.75) is 6.04 Å². The molecule has 0 aliphatic carbocycles. The number of amidine groups is 1. The maximum Gasteiger partial charge on any atom is 0.132 e. The van der Waals surface area contributed by atoms with E-state index in [-0.39, 0.29) is 6.04 Å². The molecule has 2 aromatic rings. The fourth-order valence-electron chi connectivity index (χ4n) is 2.61. The Bertz CT molecular complexity index is 640. The second-order valence-corrected chi connectivity index (χ2v) is 4.83. The molecule has 1 aliphatic heterocycles. The quantitative estimate of drug-likeness (QED) is 0.486. The first-order chi connectivity index (χ1) is 10.3. The Hall–Kier alpha value is -2.25. The lowest BCUT2D eigenvalue weighted by atomic mass is 9.97. The SMILES string of the molecule is NNC1=Nc2ccccc2C(c2ccccc2)N(NN)C1. The van der Waals surface area contributed by atoms with Crippen LogP contribution in [0.5, 0.6) is 0 Å². The van der Waals surface area contributed by atoms with Gasteiger partial charge < -0.3 is 5.43 Å². The van der Waals surface area contributed by atoms with Crippen LogP contribution in [0.2, 0.25) is 0 Å². The molecule has 0 saturated heterocycles. The number of rotatable bonds is 2. The molecule has 3 rings (SSSR count). The Balaban J connectivity index is 2.15. The molecule has 0 amide bonds. The zero-order chi connectivity index (χ0) is 14.7. The fourth-order valence-corrected chi connectivity index (χ4v) is 2.61. The van der Waals surface area contributed by atoms with Crippen molar-refractivity contribution < 1.29 is 0 Å². The van der Waals surface area contributed by atoms with Crippen molar-refractivity contribution in [1.29, 1.82) is 0 Å². The monoisotopic (exact) mass is 282 g/mol. The van der Waals surface area contributed by atoms with Crippen LogP contribution in [-0.2, 0) is 0 Å². The van der Waals surface area contributed by atoms with Crippen LogP contribution < -0.4 is 22.6 Å². The summed E-state index contributed by atoms with van der Waals surface area (Å²) in [7, 11) is 0. The van der Waals surface area contributed by atoms with Gasteiger partial charge in [-0.25, -0.2) is 15.8 Å². The number of nitrogens with one attached hydrogen (secondary N) is 2. The molecule has 0 fully saturated rings. The maximum absolute atomic E-state index is 5.73. The lowest BCUT2D eigenvalue weighted by Crippen LogP contribution is -2.50. The molecule has 1 heterocycles. The van der Waals surface area contributed by atoms with Gasteiger partial charge in [-0.1, -0.05) is 48.5 Å². The zero-order valence-electron chi connectivity index (χ0n) is 11.5. The smallest absolute Gasteiger partial charge is 0.132 e. The summed E-state index contributed by atoms with van der Waals surface area (Å²) >= 11 is 0. The van der Waals surface area contributed by atoms with E-state index in [9.17, 15) is 0 Å². The lowest BCUT2D eigenvalue weighted by molar-refractivity contribution is 0.174. The van der Waals surface area contributed by atoms with Gasteiger partial charge in [0.15, 0.2) is 0 Å². The van der Waals surface area contributed by atoms with E-state index in [0.29, 0.717) is 12.4 Å². The largest absolute Gasteiger partial charge is 0.311 e. The van der Waals surface area contributed by atoms with Crippen molar-refractivity contribution in [3.63, 3.8) is 0 Å². The van der Waals surface area contributed by atoms with Crippen LogP contribution >= 0.6 is 0 Å². The highest BCUT2D eigenvalue weighted by Crippen LogP contribution is 2.35. The van der Waals surface area contributed by atoms with Gasteiger partial charge in [-0.3, -0.25) is 5.84 Å². The minimum absolute atomic E-state index is 0.0398. The van der Waals surface area contributed by atoms with Crippen LogP contribution in [0.25, 0.3) is 0 Å². The normalized spacial score (nSPS) is 18.6. The lowest BCUT2D eigenvalue weighted by Gasteiger charge is -2.29. The van der Waals surface area contributed by atoms with Crippen LogP contribution in [0.4, 0.5) is 5.69 Å². The molecule has 6 nitrogen and oxygen atoms in total. The number of hydrazine groups is 3.